The summed E-state index contributed by atoms with van der Waals surface area (Å²) in [7, 11) is 0. The van der Waals surface area contributed by atoms with E-state index in [9.17, 15) is 9.90 Å². The Morgan fingerprint density at radius 3 is 2.85 bits per heavy atom. The van der Waals surface area contributed by atoms with E-state index < -0.39 is 6.10 Å². The molecule has 3 atom stereocenters. The molecule has 0 aliphatic heterocycles. The largest absolute Gasteiger partial charge is 0.419 e. The summed E-state index contributed by atoms with van der Waals surface area (Å²) in [5.74, 6) is 1.53. The molecule has 20 heavy (non-hydrogen) atoms. The molecule has 4 heteroatoms. The molecule has 0 saturated heterocycles. The van der Waals surface area contributed by atoms with E-state index in [0.717, 1.165) is 11.1 Å². The van der Waals surface area contributed by atoms with Crippen molar-refractivity contribution in [3.63, 3.8) is 0 Å². The van der Waals surface area contributed by atoms with Crippen LogP contribution in [0.15, 0.2) is 27.4 Å². The highest BCUT2D eigenvalue weighted by Crippen LogP contribution is 2.62. The highest BCUT2D eigenvalue weighted by atomic mass is 16.4. The van der Waals surface area contributed by atoms with E-state index >= 15 is 0 Å². The highest BCUT2D eigenvalue weighted by Gasteiger charge is 2.55. The second-order valence-corrected chi connectivity index (χ2v) is 6.12. The molecule has 0 spiro atoms. The number of fused-ring (bicyclic) bond motifs is 2. The molecule has 4 rings (SSSR count). The first kappa shape index (κ1) is 12.2. The molecule has 2 aliphatic carbocycles. The van der Waals surface area contributed by atoms with Crippen molar-refractivity contribution in [1.29, 1.82) is 0 Å². The maximum atomic E-state index is 11.7. The first-order valence-corrected chi connectivity index (χ1v) is 7.52. The van der Waals surface area contributed by atoms with E-state index in [2.05, 4.69) is 0 Å². The van der Waals surface area contributed by atoms with Crippen molar-refractivity contribution >= 4 is 11.1 Å². The zero-order chi connectivity index (χ0) is 13.9. The van der Waals surface area contributed by atoms with E-state index in [1.54, 1.807) is 4.57 Å². The van der Waals surface area contributed by atoms with Crippen molar-refractivity contribution in [3.8, 4) is 0 Å². The van der Waals surface area contributed by atoms with Crippen molar-refractivity contribution in [2.45, 2.75) is 38.8 Å². The fourth-order valence-corrected chi connectivity index (χ4v) is 4.13. The monoisotopic (exact) mass is 273 g/mol. The quantitative estimate of drug-likeness (QED) is 0.935. The third-order valence-corrected chi connectivity index (χ3v) is 5.19. The van der Waals surface area contributed by atoms with E-state index in [0.29, 0.717) is 29.9 Å². The molecule has 4 nitrogen and oxygen atoms in total. The second kappa shape index (κ2) is 4.22. The van der Waals surface area contributed by atoms with Crippen molar-refractivity contribution in [3.05, 3.63) is 34.3 Å². The minimum atomic E-state index is -0.412. The van der Waals surface area contributed by atoms with Gasteiger partial charge in [0.2, 0.25) is 0 Å². The summed E-state index contributed by atoms with van der Waals surface area (Å²) in [6, 6.07) is 5.66. The van der Waals surface area contributed by atoms with Crippen LogP contribution in [0.4, 0.5) is 0 Å². The van der Waals surface area contributed by atoms with Gasteiger partial charge in [-0.1, -0.05) is 12.5 Å². The Labute approximate surface area is 117 Å². The average molecular weight is 273 g/mol. The zero-order valence-corrected chi connectivity index (χ0v) is 11.6. The third kappa shape index (κ3) is 1.61. The Morgan fingerprint density at radius 2 is 2.15 bits per heavy atom. The molecule has 3 unspecified atom stereocenters. The highest BCUT2D eigenvalue weighted by molar-refractivity contribution is 5.73. The molecule has 2 saturated carbocycles. The summed E-state index contributed by atoms with van der Waals surface area (Å²) in [4.78, 5) is 11.7. The zero-order valence-electron chi connectivity index (χ0n) is 11.6. The molecule has 2 aliphatic rings. The molecular formula is C16H19NO3. The SMILES string of the molecule is CCn1c(=O)oc2cc(C(O)C3C4CCCC43)ccc21. The molecule has 0 radical (unpaired) electrons. The van der Waals surface area contributed by atoms with Crippen LogP contribution in [0, 0.1) is 17.8 Å². The normalized spacial score (nSPS) is 29.6. The van der Waals surface area contributed by atoms with E-state index in [1.165, 1.54) is 19.3 Å². The van der Waals surface area contributed by atoms with Crippen LogP contribution in [0.25, 0.3) is 11.1 Å². The Bertz CT molecular complexity index is 704. The minimum Gasteiger partial charge on any atom is -0.408 e. The number of benzene rings is 1. The van der Waals surface area contributed by atoms with Gasteiger partial charge in [-0.15, -0.1) is 0 Å². The van der Waals surface area contributed by atoms with Crippen LogP contribution in [0.5, 0.6) is 0 Å². The molecule has 1 aromatic carbocycles. The number of aliphatic hydroxyl groups is 1. The van der Waals surface area contributed by atoms with Crippen molar-refractivity contribution in [2.24, 2.45) is 17.8 Å². The second-order valence-electron chi connectivity index (χ2n) is 6.12. The van der Waals surface area contributed by atoms with E-state index in [1.807, 2.05) is 25.1 Å². The van der Waals surface area contributed by atoms with Crippen LogP contribution in [-0.2, 0) is 6.54 Å². The topological polar surface area (TPSA) is 55.4 Å². The predicted octanol–water partition coefficient (Wildman–Crippen LogP) is 2.69. The first-order chi connectivity index (χ1) is 9.70. The van der Waals surface area contributed by atoms with Crippen molar-refractivity contribution in [2.75, 3.05) is 0 Å². The molecule has 2 aromatic rings. The van der Waals surface area contributed by atoms with Gasteiger partial charge in [0.05, 0.1) is 11.6 Å². The molecule has 1 heterocycles. The Hall–Kier alpha value is -1.55. The molecule has 1 N–H and O–H groups in total. The molecule has 1 aromatic heterocycles. The fraction of sp³-hybridized carbons (Fsp3) is 0.562. The van der Waals surface area contributed by atoms with E-state index in [4.69, 9.17) is 4.42 Å². The molecule has 0 amide bonds. The lowest BCUT2D eigenvalue weighted by Gasteiger charge is -2.12. The maximum absolute atomic E-state index is 11.7. The minimum absolute atomic E-state index is 0.322. The van der Waals surface area contributed by atoms with Gasteiger partial charge in [-0.3, -0.25) is 4.57 Å². The lowest BCUT2D eigenvalue weighted by molar-refractivity contribution is 0.137. The van der Waals surface area contributed by atoms with Gasteiger partial charge in [-0.05, 0) is 55.2 Å². The van der Waals surface area contributed by atoms with Gasteiger partial charge in [-0.25, -0.2) is 4.79 Å². The third-order valence-electron chi connectivity index (χ3n) is 5.19. The summed E-state index contributed by atoms with van der Waals surface area (Å²) < 4.78 is 6.88. The smallest absolute Gasteiger partial charge is 0.408 e. The van der Waals surface area contributed by atoms with Crippen LogP contribution in [-0.4, -0.2) is 9.67 Å². The number of aromatic nitrogens is 1. The lowest BCUT2D eigenvalue weighted by Crippen LogP contribution is -2.12. The lowest BCUT2D eigenvalue weighted by atomic mass is 9.99. The molecule has 0 bridgehead atoms. The van der Waals surface area contributed by atoms with Crippen LogP contribution < -0.4 is 5.76 Å². The average Bonchev–Trinajstić information content (AvgIpc) is 2.81. The van der Waals surface area contributed by atoms with Crippen LogP contribution in [0.1, 0.15) is 37.9 Å². The number of hydrogen-bond acceptors (Lipinski definition) is 3. The molecular weight excluding hydrogens is 254 g/mol. The van der Waals surface area contributed by atoms with Gasteiger partial charge < -0.3 is 9.52 Å². The van der Waals surface area contributed by atoms with E-state index in [-0.39, 0.29) is 5.76 Å². The fourth-order valence-electron chi connectivity index (χ4n) is 4.13. The van der Waals surface area contributed by atoms with Crippen molar-refractivity contribution in [1.82, 2.24) is 4.57 Å². The number of oxazole rings is 1. The Balaban J connectivity index is 1.69. The Morgan fingerprint density at radius 1 is 1.40 bits per heavy atom. The van der Waals surface area contributed by atoms with Crippen LogP contribution in [0.3, 0.4) is 0 Å². The van der Waals surface area contributed by atoms with Gasteiger partial charge in [0.25, 0.3) is 0 Å². The molecule has 106 valence electrons. The van der Waals surface area contributed by atoms with Crippen LogP contribution >= 0.6 is 0 Å². The number of nitrogens with zero attached hydrogens (tertiary/aromatic N) is 1. The number of aryl methyl sites for hydroxylation is 1. The Kier molecular flexibility index (Phi) is 2.58. The summed E-state index contributed by atoms with van der Waals surface area (Å²) in [5.41, 5.74) is 2.28. The van der Waals surface area contributed by atoms with Gasteiger partial charge in [0.1, 0.15) is 0 Å². The van der Waals surface area contributed by atoms with Crippen LogP contribution in [0.2, 0.25) is 0 Å². The summed E-state index contributed by atoms with van der Waals surface area (Å²) in [6.07, 6.45) is 3.42. The molecule has 2 fully saturated rings. The summed E-state index contributed by atoms with van der Waals surface area (Å²) >= 11 is 0. The van der Waals surface area contributed by atoms with Crippen molar-refractivity contribution < 1.29 is 9.52 Å². The van der Waals surface area contributed by atoms with Gasteiger partial charge >= 0.3 is 5.76 Å². The number of aliphatic hydroxyl groups excluding tert-OH is 1. The van der Waals surface area contributed by atoms with Gasteiger partial charge in [0, 0.05) is 6.54 Å². The predicted molar refractivity (Wildman–Crippen MR) is 75.4 cm³/mol. The standard InChI is InChI=1S/C16H19NO3/c1-2-17-12-7-6-9(8-13(12)20-16(17)19)15(18)14-10-4-3-5-11(10)14/h6-8,10-11,14-15,18H,2-5H2,1H3. The number of hydrogen-bond donors (Lipinski definition) is 1. The number of rotatable bonds is 3. The first-order valence-electron chi connectivity index (χ1n) is 7.52. The summed E-state index contributed by atoms with van der Waals surface area (Å²) in [5, 5.41) is 10.5. The summed E-state index contributed by atoms with van der Waals surface area (Å²) in [6.45, 7) is 2.52. The van der Waals surface area contributed by atoms with Gasteiger partial charge in [0.15, 0.2) is 5.58 Å². The van der Waals surface area contributed by atoms with Gasteiger partial charge in [-0.2, -0.15) is 0 Å². The maximum Gasteiger partial charge on any atom is 0.419 e.